The molecule has 1 amide bonds. The van der Waals surface area contributed by atoms with E-state index in [4.69, 9.17) is 17.3 Å². The smallest absolute Gasteiger partial charge is 0.254 e. The Bertz CT molecular complexity index is 819. The van der Waals surface area contributed by atoms with Crippen LogP contribution in [0.25, 0.3) is 5.69 Å². The number of benzene rings is 1. The molecule has 110 valence electrons. The summed E-state index contributed by atoms with van der Waals surface area (Å²) in [5.74, 6) is -0.415. The van der Waals surface area contributed by atoms with E-state index in [0.717, 1.165) is 5.69 Å². The second-order valence-corrected chi connectivity index (χ2v) is 4.60. The number of carbonyl (C=O) groups excluding carboxylic acids is 1. The Morgan fingerprint density at radius 3 is 2.77 bits per heavy atom. The number of hydrogen-bond donors (Lipinski definition) is 2. The summed E-state index contributed by atoms with van der Waals surface area (Å²) in [7, 11) is 0. The lowest BCUT2D eigenvalue weighted by atomic mass is 10.2. The molecule has 22 heavy (non-hydrogen) atoms. The number of primary amides is 1. The van der Waals surface area contributed by atoms with Crippen molar-refractivity contribution in [2.24, 2.45) is 5.73 Å². The highest BCUT2D eigenvalue weighted by atomic mass is 35.5. The molecule has 1 aromatic carbocycles. The molecule has 3 aromatic rings. The molecule has 0 aliphatic rings. The third kappa shape index (κ3) is 2.86. The summed E-state index contributed by atoms with van der Waals surface area (Å²) in [5.41, 5.74) is 6.86. The zero-order valence-electron chi connectivity index (χ0n) is 11.1. The summed E-state index contributed by atoms with van der Waals surface area (Å²) >= 11 is 5.76. The number of hydrogen-bond acceptors (Lipinski definition) is 6. The van der Waals surface area contributed by atoms with Gasteiger partial charge in [-0.05, 0) is 29.8 Å². The first-order valence-electron chi connectivity index (χ1n) is 6.19. The van der Waals surface area contributed by atoms with Gasteiger partial charge in [0.15, 0.2) is 0 Å². The number of nitrogens with one attached hydrogen (secondary N) is 1. The molecule has 0 aliphatic carbocycles. The maximum atomic E-state index is 11.4. The lowest BCUT2D eigenvalue weighted by molar-refractivity contribution is 0.100. The first-order valence-corrected chi connectivity index (χ1v) is 6.57. The fraction of sp³-hybridized carbons (Fsp3) is 0. The molecule has 0 saturated carbocycles. The van der Waals surface area contributed by atoms with Gasteiger partial charge >= 0.3 is 0 Å². The van der Waals surface area contributed by atoms with Gasteiger partial charge in [0.2, 0.25) is 5.28 Å². The number of nitrogens with two attached hydrogens (primary N) is 1. The van der Waals surface area contributed by atoms with Crippen molar-refractivity contribution in [1.29, 1.82) is 0 Å². The molecular weight excluding hydrogens is 306 g/mol. The predicted molar refractivity (Wildman–Crippen MR) is 80.2 cm³/mol. The highest BCUT2D eigenvalue weighted by Crippen LogP contribution is 2.21. The molecule has 2 heterocycles. The van der Waals surface area contributed by atoms with Crippen molar-refractivity contribution in [3.8, 4) is 5.69 Å². The van der Waals surface area contributed by atoms with Gasteiger partial charge in [0.25, 0.3) is 5.91 Å². The van der Waals surface area contributed by atoms with E-state index < -0.39 is 5.91 Å². The number of aromatic nitrogens is 5. The van der Waals surface area contributed by atoms with Crippen LogP contribution >= 0.6 is 11.6 Å². The minimum Gasteiger partial charge on any atom is -0.365 e. The van der Waals surface area contributed by atoms with Gasteiger partial charge in [-0.1, -0.05) is 6.07 Å². The molecule has 0 radical (unpaired) electrons. The second-order valence-electron chi connectivity index (χ2n) is 4.26. The third-order valence-corrected chi connectivity index (χ3v) is 2.97. The Morgan fingerprint density at radius 2 is 2.05 bits per heavy atom. The van der Waals surface area contributed by atoms with E-state index in [-0.39, 0.29) is 16.7 Å². The van der Waals surface area contributed by atoms with Gasteiger partial charge in [-0.15, -0.1) is 0 Å². The Labute approximate surface area is 129 Å². The molecule has 0 aliphatic heterocycles. The highest BCUT2D eigenvalue weighted by molar-refractivity contribution is 6.28. The Balaban J connectivity index is 1.95. The SMILES string of the molecule is NC(=O)c1cnc(Cl)nc1Nc1cccc(-n2nccn2)c1. The van der Waals surface area contributed by atoms with Gasteiger partial charge in [-0.3, -0.25) is 4.79 Å². The van der Waals surface area contributed by atoms with Crippen LogP contribution in [0.3, 0.4) is 0 Å². The molecule has 0 fully saturated rings. The van der Waals surface area contributed by atoms with Crippen LogP contribution in [0, 0.1) is 0 Å². The van der Waals surface area contributed by atoms with Crippen LogP contribution in [-0.2, 0) is 0 Å². The normalized spacial score (nSPS) is 10.4. The van der Waals surface area contributed by atoms with E-state index in [0.29, 0.717) is 5.69 Å². The summed E-state index contributed by atoms with van der Waals surface area (Å²) in [5, 5.41) is 11.1. The minimum absolute atomic E-state index is 0.0115. The molecule has 0 spiro atoms. The number of halogens is 1. The van der Waals surface area contributed by atoms with E-state index in [1.807, 2.05) is 12.1 Å². The van der Waals surface area contributed by atoms with Gasteiger partial charge in [0.05, 0.1) is 18.1 Å². The second kappa shape index (κ2) is 5.78. The number of carbonyl (C=O) groups is 1. The van der Waals surface area contributed by atoms with Gasteiger partial charge in [0.1, 0.15) is 11.4 Å². The topological polar surface area (TPSA) is 112 Å². The lowest BCUT2D eigenvalue weighted by Crippen LogP contribution is -2.15. The quantitative estimate of drug-likeness (QED) is 0.706. The van der Waals surface area contributed by atoms with Gasteiger partial charge in [0, 0.05) is 11.9 Å². The van der Waals surface area contributed by atoms with E-state index in [9.17, 15) is 4.79 Å². The zero-order chi connectivity index (χ0) is 15.5. The van der Waals surface area contributed by atoms with E-state index in [2.05, 4.69) is 25.5 Å². The molecule has 9 heteroatoms. The largest absolute Gasteiger partial charge is 0.365 e. The van der Waals surface area contributed by atoms with E-state index >= 15 is 0 Å². The first kappa shape index (κ1) is 14.0. The molecule has 0 atom stereocenters. The molecule has 0 unspecified atom stereocenters. The summed E-state index contributed by atoms with van der Waals surface area (Å²) < 4.78 is 0. The minimum atomic E-state index is -0.649. The number of rotatable bonds is 4. The number of amides is 1. The van der Waals surface area contributed by atoms with Crippen LogP contribution in [-0.4, -0.2) is 30.9 Å². The molecular formula is C13H10ClN7O. The average molecular weight is 316 g/mol. The number of nitrogens with zero attached hydrogens (tertiary/aromatic N) is 5. The average Bonchev–Trinajstić information content (AvgIpc) is 3.01. The van der Waals surface area contributed by atoms with Crippen molar-refractivity contribution in [2.45, 2.75) is 0 Å². The van der Waals surface area contributed by atoms with Gasteiger partial charge < -0.3 is 11.1 Å². The Hall–Kier alpha value is -3.00. The lowest BCUT2D eigenvalue weighted by Gasteiger charge is -2.10. The highest BCUT2D eigenvalue weighted by Gasteiger charge is 2.12. The summed E-state index contributed by atoms with van der Waals surface area (Å²) in [4.78, 5) is 20.6. The first-order chi connectivity index (χ1) is 10.6. The van der Waals surface area contributed by atoms with Crippen molar-refractivity contribution in [3.05, 3.63) is 53.7 Å². The molecule has 3 rings (SSSR count). The molecule has 2 aromatic heterocycles. The van der Waals surface area contributed by atoms with E-state index in [1.54, 1.807) is 24.5 Å². The molecule has 0 saturated heterocycles. The zero-order valence-corrected chi connectivity index (χ0v) is 11.9. The van der Waals surface area contributed by atoms with Crippen LogP contribution in [0.5, 0.6) is 0 Å². The van der Waals surface area contributed by atoms with Crippen LogP contribution in [0.15, 0.2) is 42.9 Å². The summed E-state index contributed by atoms with van der Waals surface area (Å²) in [6, 6.07) is 7.25. The van der Waals surface area contributed by atoms with Gasteiger partial charge in [-0.2, -0.15) is 20.0 Å². The van der Waals surface area contributed by atoms with Crippen molar-refractivity contribution in [2.75, 3.05) is 5.32 Å². The summed E-state index contributed by atoms with van der Waals surface area (Å²) in [6.45, 7) is 0. The van der Waals surface area contributed by atoms with Crippen molar-refractivity contribution in [1.82, 2.24) is 25.0 Å². The maximum absolute atomic E-state index is 11.4. The van der Waals surface area contributed by atoms with Crippen LogP contribution in [0.1, 0.15) is 10.4 Å². The summed E-state index contributed by atoms with van der Waals surface area (Å²) in [6.07, 6.45) is 4.43. The Kier molecular flexibility index (Phi) is 3.67. The van der Waals surface area contributed by atoms with Crippen LogP contribution in [0.4, 0.5) is 11.5 Å². The monoisotopic (exact) mass is 315 g/mol. The molecule has 3 N–H and O–H groups in total. The van der Waals surface area contributed by atoms with Crippen molar-refractivity contribution in [3.63, 3.8) is 0 Å². The fourth-order valence-electron chi connectivity index (χ4n) is 1.83. The molecule has 8 nitrogen and oxygen atoms in total. The van der Waals surface area contributed by atoms with Crippen molar-refractivity contribution < 1.29 is 4.79 Å². The van der Waals surface area contributed by atoms with Gasteiger partial charge in [-0.25, -0.2) is 4.98 Å². The Morgan fingerprint density at radius 1 is 1.27 bits per heavy atom. The van der Waals surface area contributed by atoms with E-state index in [1.165, 1.54) is 11.0 Å². The fourth-order valence-corrected chi connectivity index (χ4v) is 1.96. The van der Waals surface area contributed by atoms with Crippen molar-refractivity contribution >= 4 is 29.0 Å². The molecule has 0 bridgehead atoms. The van der Waals surface area contributed by atoms with Crippen LogP contribution < -0.4 is 11.1 Å². The third-order valence-electron chi connectivity index (χ3n) is 2.78. The van der Waals surface area contributed by atoms with Crippen LogP contribution in [0.2, 0.25) is 5.28 Å². The maximum Gasteiger partial charge on any atom is 0.254 e. The standard InChI is InChI=1S/C13H10ClN7O/c14-13-16-7-10(11(15)22)12(20-13)19-8-2-1-3-9(6-8)21-17-4-5-18-21/h1-7H,(H2,15,22)(H,16,19,20). The predicted octanol–water partition coefficient (Wildman–Crippen LogP) is 1.55. The number of anilines is 2.